The van der Waals surface area contributed by atoms with Crippen LogP contribution >= 0.6 is 11.6 Å². The average molecular weight is 335 g/mol. The van der Waals surface area contributed by atoms with E-state index in [1.54, 1.807) is 0 Å². The maximum absolute atomic E-state index is 12.2. The maximum atomic E-state index is 12.2. The molecule has 0 heterocycles. The van der Waals surface area contributed by atoms with Crippen LogP contribution in [0.4, 0.5) is 5.69 Å². The minimum Gasteiger partial charge on any atom is -0.393 e. The summed E-state index contributed by atoms with van der Waals surface area (Å²) in [6.45, 7) is 0.0488. The molecule has 1 fully saturated rings. The van der Waals surface area contributed by atoms with Gasteiger partial charge in [-0.05, 0) is 30.9 Å². The van der Waals surface area contributed by atoms with Crippen LogP contribution < -0.4 is 4.72 Å². The molecular formula is C12H15ClN2O5S. The predicted molar refractivity (Wildman–Crippen MR) is 76.6 cm³/mol. The lowest BCUT2D eigenvalue weighted by molar-refractivity contribution is -0.387. The van der Waals surface area contributed by atoms with Gasteiger partial charge in [-0.3, -0.25) is 10.1 Å². The van der Waals surface area contributed by atoms with Crippen LogP contribution in [0.25, 0.3) is 0 Å². The number of nitrogens with one attached hydrogen (secondary N) is 1. The van der Waals surface area contributed by atoms with Crippen LogP contribution in [0, 0.1) is 16.0 Å². The van der Waals surface area contributed by atoms with Crippen molar-refractivity contribution in [1.29, 1.82) is 0 Å². The number of hydrogen-bond acceptors (Lipinski definition) is 5. The number of nitro benzene ring substituents is 1. The summed E-state index contributed by atoms with van der Waals surface area (Å²) in [6, 6.07) is 3.37. The van der Waals surface area contributed by atoms with Crippen LogP contribution in [-0.2, 0) is 10.0 Å². The zero-order valence-electron chi connectivity index (χ0n) is 11.0. The lowest BCUT2D eigenvalue weighted by Crippen LogP contribution is -2.32. The van der Waals surface area contributed by atoms with E-state index in [-0.39, 0.29) is 17.5 Å². The molecule has 9 heteroatoms. The fourth-order valence-electron chi connectivity index (χ4n) is 2.40. The molecule has 0 amide bonds. The third-order valence-electron chi connectivity index (χ3n) is 3.56. The molecule has 0 spiro atoms. The molecule has 1 aromatic carbocycles. The molecule has 21 heavy (non-hydrogen) atoms. The van der Waals surface area contributed by atoms with Gasteiger partial charge in [0, 0.05) is 17.6 Å². The second-order valence-corrected chi connectivity index (χ2v) is 7.15. The average Bonchev–Trinajstić information content (AvgIpc) is 2.81. The van der Waals surface area contributed by atoms with Gasteiger partial charge >= 0.3 is 0 Å². The zero-order valence-corrected chi connectivity index (χ0v) is 12.6. The topological polar surface area (TPSA) is 110 Å². The molecule has 0 radical (unpaired) electrons. The van der Waals surface area contributed by atoms with E-state index in [0.29, 0.717) is 6.42 Å². The zero-order chi connectivity index (χ0) is 15.6. The Morgan fingerprint density at radius 3 is 2.71 bits per heavy atom. The van der Waals surface area contributed by atoms with Crippen LogP contribution in [0.2, 0.25) is 5.02 Å². The predicted octanol–water partition coefficient (Wildman–Crippen LogP) is 1.69. The van der Waals surface area contributed by atoms with Crippen molar-refractivity contribution in [2.75, 3.05) is 6.54 Å². The minimum absolute atomic E-state index is 0.0488. The number of aliphatic hydroxyl groups is 1. The molecule has 0 unspecified atom stereocenters. The smallest absolute Gasteiger partial charge is 0.289 e. The SMILES string of the molecule is O=[N+]([O-])c1ccc(Cl)cc1S(=O)(=O)NC[C@@H]1CCC[C@H]1O. The fraction of sp³-hybridized carbons (Fsp3) is 0.500. The molecule has 1 aliphatic carbocycles. The van der Waals surface area contributed by atoms with Crippen molar-refractivity contribution >= 4 is 27.3 Å². The summed E-state index contributed by atoms with van der Waals surface area (Å²) in [4.78, 5) is 9.69. The highest BCUT2D eigenvalue weighted by molar-refractivity contribution is 7.89. The second kappa shape index (κ2) is 6.27. The minimum atomic E-state index is -4.06. The van der Waals surface area contributed by atoms with E-state index >= 15 is 0 Å². The molecule has 0 saturated heterocycles. The van der Waals surface area contributed by atoms with Gasteiger partial charge in [-0.1, -0.05) is 18.0 Å². The van der Waals surface area contributed by atoms with Crippen molar-refractivity contribution in [3.05, 3.63) is 33.3 Å². The highest BCUT2D eigenvalue weighted by atomic mass is 35.5. The summed E-state index contributed by atoms with van der Waals surface area (Å²) in [6.07, 6.45) is 1.66. The van der Waals surface area contributed by atoms with Gasteiger partial charge < -0.3 is 5.11 Å². The van der Waals surface area contributed by atoms with Crippen LogP contribution in [0.1, 0.15) is 19.3 Å². The molecular weight excluding hydrogens is 320 g/mol. The summed E-state index contributed by atoms with van der Waals surface area (Å²) < 4.78 is 26.8. The molecule has 0 aromatic heterocycles. The molecule has 7 nitrogen and oxygen atoms in total. The molecule has 116 valence electrons. The van der Waals surface area contributed by atoms with Gasteiger partial charge in [0.05, 0.1) is 11.0 Å². The Labute approximate surface area is 127 Å². The molecule has 1 aromatic rings. The molecule has 1 saturated carbocycles. The van der Waals surface area contributed by atoms with E-state index in [9.17, 15) is 23.6 Å². The van der Waals surface area contributed by atoms with Gasteiger partial charge in [0.15, 0.2) is 4.90 Å². The fourth-order valence-corrected chi connectivity index (χ4v) is 3.93. The summed E-state index contributed by atoms with van der Waals surface area (Å²) in [7, 11) is -4.06. The Morgan fingerprint density at radius 2 is 2.14 bits per heavy atom. The largest absolute Gasteiger partial charge is 0.393 e. The second-order valence-electron chi connectivity index (χ2n) is 4.98. The Morgan fingerprint density at radius 1 is 1.43 bits per heavy atom. The first kappa shape index (κ1) is 16.2. The van der Waals surface area contributed by atoms with Crippen molar-refractivity contribution in [3.8, 4) is 0 Å². The Bertz CT molecular complexity index is 649. The first-order chi connectivity index (χ1) is 9.81. The van der Waals surface area contributed by atoms with E-state index in [0.717, 1.165) is 25.0 Å². The number of sulfonamides is 1. The lowest BCUT2D eigenvalue weighted by Gasteiger charge is -2.15. The highest BCUT2D eigenvalue weighted by Gasteiger charge is 2.30. The Kier molecular flexibility index (Phi) is 4.82. The quantitative estimate of drug-likeness (QED) is 0.629. The highest BCUT2D eigenvalue weighted by Crippen LogP contribution is 2.28. The van der Waals surface area contributed by atoms with Crippen molar-refractivity contribution in [2.24, 2.45) is 5.92 Å². The molecule has 2 atom stereocenters. The van der Waals surface area contributed by atoms with Crippen LogP contribution in [0.3, 0.4) is 0 Å². The molecule has 2 N–H and O–H groups in total. The third-order valence-corrected chi connectivity index (χ3v) is 5.25. The number of aliphatic hydroxyl groups excluding tert-OH is 1. The summed E-state index contributed by atoms with van der Waals surface area (Å²) in [5, 5.41) is 20.7. The van der Waals surface area contributed by atoms with E-state index in [1.165, 1.54) is 6.07 Å². The molecule has 0 aliphatic heterocycles. The monoisotopic (exact) mass is 334 g/mol. The van der Waals surface area contributed by atoms with Crippen LogP contribution in [0.5, 0.6) is 0 Å². The van der Waals surface area contributed by atoms with Gasteiger partial charge in [-0.15, -0.1) is 0 Å². The van der Waals surface area contributed by atoms with Crippen molar-refractivity contribution in [3.63, 3.8) is 0 Å². The third kappa shape index (κ3) is 3.70. The number of nitro groups is 1. The Balaban J connectivity index is 2.23. The lowest BCUT2D eigenvalue weighted by atomic mass is 10.1. The van der Waals surface area contributed by atoms with E-state index in [1.807, 2.05) is 0 Å². The number of benzene rings is 1. The van der Waals surface area contributed by atoms with Gasteiger partial charge in [0.25, 0.3) is 5.69 Å². The van der Waals surface area contributed by atoms with Gasteiger partial charge in [0.1, 0.15) is 0 Å². The van der Waals surface area contributed by atoms with Crippen molar-refractivity contribution < 1.29 is 18.4 Å². The van der Waals surface area contributed by atoms with E-state index in [2.05, 4.69) is 4.72 Å². The number of rotatable bonds is 5. The summed E-state index contributed by atoms with van der Waals surface area (Å²) >= 11 is 5.72. The van der Waals surface area contributed by atoms with Crippen molar-refractivity contribution in [2.45, 2.75) is 30.3 Å². The van der Waals surface area contributed by atoms with E-state index < -0.39 is 31.6 Å². The molecule has 1 aliphatic rings. The van der Waals surface area contributed by atoms with Crippen LogP contribution in [0.15, 0.2) is 23.1 Å². The molecule has 2 rings (SSSR count). The number of hydrogen-bond donors (Lipinski definition) is 2. The maximum Gasteiger partial charge on any atom is 0.289 e. The van der Waals surface area contributed by atoms with Gasteiger partial charge in [-0.25, -0.2) is 13.1 Å². The van der Waals surface area contributed by atoms with Gasteiger partial charge in [0.2, 0.25) is 10.0 Å². The van der Waals surface area contributed by atoms with Crippen molar-refractivity contribution in [1.82, 2.24) is 4.72 Å². The summed E-state index contributed by atoms with van der Waals surface area (Å²) in [5.74, 6) is -0.169. The first-order valence-electron chi connectivity index (χ1n) is 6.43. The van der Waals surface area contributed by atoms with Crippen LogP contribution in [-0.4, -0.2) is 31.1 Å². The number of nitrogens with zero attached hydrogens (tertiary/aromatic N) is 1. The number of halogens is 1. The first-order valence-corrected chi connectivity index (χ1v) is 8.29. The van der Waals surface area contributed by atoms with E-state index in [4.69, 9.17) is 11.6 Å². The summed E-state index contributed by atoms with van der Waals surface area (Å²) in [5.41, 5.74) is -0.529. The normalized spacial score (nSPS) is 22.4. The molecule has 0 bridgehead atoms. The standard InChI is InChI=1S/C12H15ClN2O5S/c13-9-4-5-10(15(17)18)12(6-9)21(19,20)14-7-8-2-1-3-11(8)16/h4-6,8,11,14,16H,1-3,7H2/t8-,11+/m0/s1. The van der Waals surface area contributed by atoms with Gasteiger partial charge in [-0.2, -0.15) is 0 Å². The Hall–Kier alpha value is -1.22.